The van der Waals surface area contributed by atoms with Crippen molar-refractivity contribution in [2.24, 2.45) is 5.92 Å². The molecule has 1 amide bonds. The lowest BCUT2D eigenvalue weighted by Gasteiger charge is -2.31. The number of amides is 1. The first kappa shape index (κ1) is 16.7. The van der Waals surface area contributed by atoms with E-state index >= 15 is 0 Å². The molecule has 1 aromatic rings. The number of nitrogens with one attached hydrogen (secondary N) is 1. The number of rotatable bonds is 6. The second-order valence-electron chi connectivity index (χ2n) is 6.34. The zero-order valence-electron chi connectivity index (χ0n) is 13.9. The van der Waals surface area contributed by atoms with Crippen LogP contribution in [0.25, 0.3) is 0 Å². The van der Waals surface area contributed by atoms with Gasteiger partial charge in [0.25, 0.3) is 5.91 Å². The number of anilines is 1. The lowest BCUT2D eigenvalue weighted by atomic mass is 9.99. The quantitative estimate of drug-likeness (QED) is 0.805. The fourth-order valence-corrected chi connectivity index (χ4v) is 2.57. The maximum Gasteiger partial charge on any atom is 0.270 e. The van der Waals surface area contributed by atoms with Crippen LogP contribution in [0.3, 0.4) is 0 Å². The third-order valence-corrected chi connectivity index (χ3v) is 4.06. The summed E-state index contributed by atoms with van der Waals surface area (Å²) in [6.45, 7) is 5.91. The van der Waals surface area contributed by atoms with E-state index in [9.17, 15) is 4.79 Å². The van der Waals surface area contributed by atoms with Crippen LogP contribution in [0.15, 0.2) is 12.4 Å². The van der Waals surface area contributed by atoms with Gasteiger partial charge in [-0.05, 0) is 45.8 Å². The van der Waals surface area contributed by atoms with Crippen LogP contribution in [-0.2, 0) is 0 Å². The third kappa shape index (κ3) is 4.94. The van der Waals surface area contributed by atoms with Crippen molar-refractivity contribution in [2.75, 3.05) is 45.2 Å². The van der Waals surface area contributed by atoms with Gasteiger partial charge in [-0.3, -0.25) is 4.79 Å². The van der Waals surface area contributed by atoms with E-state index in [2.05, 4.69) is 32.0 Å². The zero-order chi connectivity index (χ0) is 15.9. The minimum atomic E-state index is -0.118. The number of aromatic nitrogens is 2. The van der Waals surface area contributed by atoms with Gasteiger partial charge in [0, 0.05) is 25.7 Å². The highest BCUT2D eigenvalue weighted by Crippen LogP contribution is 2.21. The van der Waals surface area contributed by atoms with Crippen molar-refractivity contribution in [1.82, 2.24) is 20.2 Å². The fraction of sp³-hybridized carbons (Fsp3) is 0.688. The summed E-state index contributed by atoms with van der Waals surface area (Å²) in [4.78, 5) is 24.9. The maximum absolute atomic E-state index is 12.1. The molecule has 1 aliphatic rings. The van der Waals surface area contributed by atoms with Crippen LogP contribution in [0.2, 0.25) is 0 Å². The van der Waals surface area contributed by atoms with E-state index in [1.807, 2.05) is 14.1 Å². The predicted octanol–water partition coefficient (Wildman–Crippen LogP) is 1.39. The minimum absolute atomic E-state index is 0.118. The Hall–Kier alpha value is -1.69. The van der Waals surface area contributed by atoms with Crippen LogP contribution in [0.4, 0.5) is 5.82 Å². The molecule has 1 saturated heterocycles. The van der Waals surface area contributed by atoms with Gasteiger partial charge in [0.15, 0.2) is 0 Å². The monoisotopic (exact) mass is 305 g/mol. The Kier molecular flexibility index (Phi) is 6.12. The number of hydrogen-bond donors (Lipinski definition) is 1. The van der Waals surface area contributed by atoms with Crippen molar-refractivity contribution in [3.63, 3.8) is 0 Å². The first-order chi connectivity index (χ1) is 10.6. The molecule has 1 N–H and O–H groups in total. The van der Waals surface area contributed by atoms with Gasteiger partial charge >= 0.3 is 0 Å². The molecule has 1 aromatic heterocycles. The van der Waals surface area contributed by atoms with E-state index in [0.29, 0.717) is 12.2 Å². The molecule has 0 aromatic carbocycles. The Morgan fingerprint density at radius 2 is 2.09 bits per heavy atom. The molecular formula is C16H27N5O. The summed E-state index contributed by atoms with van der Waals surface area (Å²) in [5.74, 6) is 1.52. The van der Waals surface area contributed by atoms with Crippen molar-refractivity contribution in [2.45, 2.75) is 26.2 Å². The summed E-state index contributed by atoms with van der Waals surface area (Å²) in [6, 6.07) is 1.80. The van der Waals surface area contributed by atoms with E-state index in [1.165, 1.54) is 19.2 Å². The molecule has 22 heavy (non-hydrogen) atoms. The smallest absolute Gasteiger partial charge is 0.270 e. The summed E-state index contributed by atoms with van der Waals surface area (Å²) >= 11 is 0. The second kappa shape index (κ2) is 8.08. The molecule has 0 bridgehead atoms. The summed E-state index contributed by atoms with van der Waals surface area (Å²) in [5, 5.41) is 2.92. The number of carbonyl (C=O) groups is 1. The topological polar surface area (TPSA) is 61.4 Å². The van der Waals surface area contributed by atoms with Crippen LogP contribution in [0, 0.1) is 5.92 Å². The van der Waals surface area contributed by atoms with E-state index in [1.54, 1.807) is 6.07 Å². The number of nitrogens with zero attached hydrogens (tertiary/aromatic N) is 4. The first-order valence-electron chi connectivity index (χ1n) is 8.06. The molecule has 0 atom stereocenters. The van der Waals surface area contributed by atoms with Crippen molar-refractivity contribution in [1.29, 1.82) is 0 Å². The van der Waals surface area contributed by atoms with Gasteiger partial charge in [0.2, 0.25) is 0 Å². The van der Waals surface area contributed by atoms with E-state index < -0.39 is 0 Å². The summed E-state index contributed by atoms with van der Waals surface area (Å²) in [6.07, 6.45) is 4.77. The van der Waals surface area contributed by atoms with Gasteiger partial charge in [0.1, 0.15) is 17.8 Å². The third-order valence-electron chi connectivity index (χ3n) is 4.06. The molecule has 122 valence electrons. The average molecular weight is 305 g/mol. The Labute approximate surface area is 132 Å². The lowest BCUT2D eigenvalue weighted by molar-refractivity contribution is 0.0947. The van der Waals surface area contributed by atoms with Crippen LogP contribution >= 0.6 is 0 Å². The van der Waals surface area contributed by atoms with Gasteiger partial charge in [-0.1, -0.05) is 6.92 Å². The summed E-state index contributed by atoms with van der Waals surface area (Å²) < 4.78 is 0. The fourth-order valence-electron chi connectivity index (χ4n) is 2.57. The Bertz CT molecular complexity index is 483. The SMILES string of the molecule is CC1CCN(c2cc(C(=O)NCCCN(C)C)ncn2)CC1. The lowest BCUT2D eigenvalue weighted by Crippen LogP contribution is -2.34. The highest BCUT2D eigenvalue weighted by molar-refractivity contribution is 5.92. The second-order valence-corrected chi connectivity index (χ2v) is 6.34. The van der Waals surface area contributed by atoms with Crippen molar-refractivity contribution in [3.05, 3.63) is 18.1 Å². The standard InChI is InChI=1S/C16H27N5O/c1-13-5-9-21(10-6-13)15-11-14(18-12-19-15)16(22)17-7-4-8-20(2)3/h11-13H,4-10H2,1-3H3,(H,17,22). The molecular weight excluding hydrogens is 278 g/mol. The molecule has 0 saturated carbocycles. The summed E-state index contributed by atoms with van der Waals surface area (Å²) in [7, 11) is 4.05. The van der Waals surface area contributed by atoms with E-state index in [-0.39, 0.29) is 5.91 Å². The van der Waals surface area contributed by atoms with Gasteiger partial charge in [0.05, 0.1) is 0 Å². The molecule has 2 heterocycles. The zero-order valence-corrected chi connectivity index (χ0v) is 13.9. The Balaban J connectivity index is 1.89. The molecule has 6 heteroatoms. The van der Waals surface area contributed by atoms with Crippen molar-refractivity contribution in [3.8, 4) is 0 Å². The normalized spacial score (nSPS) is 16.1. The average Bonchev–Trinajstić information content (AvgIpc) is 2.52. The molecule has 0 spiro atoms. The van der Waals surface area contributed by atoms with Crippen LogP contribution in [0.5, 0.6) is 0 Å². The van der Waals surface area contributed by atoms with Gasteiger partial charge in [-0.15, -0.1) is 0 Å². The molecule has 0 aliphatic carbocycles. The largest absolute Gasteiger partial charge is 0.356 e. The number of carbonyl (C=O) groups excluding carboxylic acids is 1. The van der Waals surface area contributed by atoms with Crippen LogP contribution in [0.1, 0.15) is 36.7 Å². The minimum Gasteiger partial charge on any atom is -0.356 e. The first-order valence-corrected chi connectivity index (χ1v) is 8.06. The molecule has 2 rings (SSSR count). The van der Waals surface area contributed by atoms with E-state index in [0.717, 1.165) is 37.8 Å². The predicted molar refractivity (Wildman–Crippen MR) is 88.1 cm³/mol. The molecule has 1 fully saturated rings. The molecule has 0 radical (unpaired) electrons. The van der Waals surface area contributed by atoms with Crippen LogP contribution in [-0.4, -0.2) is 61.0 Å². The highest BCUT2D eigenvalue weighted by atomic mass is 16.1. The van der Waals surface area contributed by atoms with Crippen molar-refractivity contribution >= 4 is 11.7 Å². The number of piperidine rings is 1. The summed E-state index contributed by atoms with van der Waals surface area (Å²) in [5.41, 5.74) is 0.452. The maximum atomic E-state index is 12.1. The Morgan fingerprint density at radius 1 is 1.36 bits per heavy atom. The van der Waals surface area contributed by atoms with Crippen LogP contribution < -0.4 is 10.2 Å². The highest BCUT2D eigenvalue weighted by Gasteiger charge is 2.18. The molecule has 1 aliphatic heterocycles. The van der Waals surface area contributed by atoms with Crippen molar-refractivity contribution < 1.29 is 4.79 Å². The van der Waals surface area contributed by atoms with Gasteiger partial charge in [-0.25, -0.2) is 9.97 Å². The Morgan fingerprint density at radius 3 is 2.77 bits per heavy atom. The van der Waals surface area contributed by atoms with Gasteiger partial charge < -0.3 is 15.1 Å². The van der Waals surface area contributed by atoms with Gasteiger partial charge in [-0.2, -0.15) is 0 Å². The number of hydrogen-bond acceptors (Lipinski definition) is 5. The molecule has 6 nitrogen and oxygen atoms in total. The van der Waals surface area contributed by atoms with E-state index in [4.69, 9.17) is 0 Å². The molecule has 0 unspecified atom stereocenters.